The SMILES string of the molecule is COCCOCCCNC(C)C(=O)OC. The Bertz CT molecular complexity index is 164. The lowest BCUT2D eigenvalue weighted by atomic mass is 10.3. The second kappa shape index (κ2) is 9.89. The van der Waals surface area contributed by atoms with E-state index in [4.69, 9.17) is 9.47 Å². The predicted molar refractivity (Wildman–Crippen MR) is 56.8 cm³/mol. The van der Waals surface area contributed by atoms with Crippen LogP contribution in [0.3, 0.4) is 0 Å². The van der Waals surface area contributed by atoms with Crippen molar-refractivity contribution in [1.29, 1.82) is 0 Å². The molecule has 0 aliphatic heterocycles. The van der Waals surface area contributed by atoms with Crippen LogP contribution < -0.4 is 5.32 Å². The van der Waals surface area contributed by atoms with Gasteiger partial charge in [-0.15, -0.1) is 0 Å². The maximum absolute atomic E-state index is 11.0. The first kappa shape index (κ1) is 14.3. The Morgan fingerprint density at radius 1 is 1.27 bits per heavy atom. The summed E-state index contributed by atoms with van der Waals surface area (Å²) >= 11 is 0. The van der Waals surface area contributed by atoms with Crippen molar-refractivity contribution in [3.05, 3.63) is 0 Å². The Labute approximate surface area is 91.1 Å². The fraction of sp³-hybridized carbons (Fsp3) is 0.900. The highest BCUT2D eigenvalue weighted by atomic mass is 16.5. The van der Waals surface area contributed by atoms with Crippen LogP contribution in [0.5, 0.6) is 0 Å². The van der Waals surface area contributed by atoms with Crippen molar-refractivity contribution in [2.75, 3.05) is 40.6 Å². The molecule has 0 aromatic heterocycles. The molecule has 1 unspecified atom stereocenters. The molecule has 0 aliphatic rings. The Hall–Kier alpha value is -0.650. The van der Waals surface area contributed by atoms with E-state index in [-0.39, 0.29) is 12.0 Å². The zero-order valence-electron chi connectivity index (χ0n) is 9.75. The highest BCUT2D eigenvalue weighted by molar-refractivity contribution is 5.74. The van der Waals surface area contributed by atoms with Crippen molar-refractivity contribution in [3.63, 3.8) is 0 Å². The molecule has 0 rings (SSSR count). The molecule has 5 heteroatoms. The summed E-state index contributed by atoms with van der Waals surface area (Å²) in [5, 5.41) is 3.04. The molecule has 0 bridgehead atoms. The Balaban J connectivity index is 3.20. The second-order valence-corrected chi connectivity index (χ2v) is 3.16. The fourth-order valence-electron chi connectivity index (χ4n) is 0.997. The van der Waals surface area contributed by atoms with E-state index in [0.717, 1.165) is 13.0 Å². The number of esters is 1. The molecule has 0 saturated heterocycles. The van der Waals surface area contributed by atoms with Crippen LogP contribution in [0.2, 0.25) is 0 Å². The zero-order chi connectivity index (χ0) is 11.5. The lowest BCUT2D eigenvalue weighted by molar-refractivity contribution is -0.142. The lowest BCUT2D eigenvalue weighted by Gasteiger charge is -2.11. The van der Waals surface area contributed by atoms with Crippen molar-refractivity contribution < 1.29 is 19.0 Å². The van der Waals surface area contributed by atoms with Crippen LogP contribution in [-0.4, -0.2) is 52.6 Å². The average Bonchev–Trinajstić information content (AvgIpc) is 2.26. The van der Waals surface area contributed by atoms with E-state index in [1.165, 1.54) is 7.11 Å². The Morgan fingerprint density at radius 3 is 2.60 bits per heavy atom. The number of hydrogen-bond acceptors (Lipinski definition) is 5. The van der Waals surface area contributed by atoms with E-state index in [1.807, 2.05) is 0 Å². The minimum atomic E-state index is -0.256. The van der Waals surface area contributed by atoms with Gasteiger partial charge in [0.15, 0.2) is 0 Å². The van der Waals surface area contributed by atoms with Gasteiger partial charge in [-0.05, 0) is 19.9 Å². The molecule has 0 heterocycles. The molecule has 0 aromatic rings. The molecule has 1 N–H and O–H groups in total. The highest BCUT2D eigenvalue weighted by Crippen LogP contribution is 1.87. The van der Waals surface area contributed by atoms with Gasteiger partial charge < -0.3 is 19.5 Å². The molecule has 0 aliphatic carbocycles. The first-order valence-electron chi connectivity index (χ1n) is 5.10. The number of nitrogens with one attached hydrogen (secondary N) is 1. The quantitative estimate of drug-likeness (QED) is 0.443. The number of carbonyl (C=O) groups excluding carboxylic acids is 1. The van der Waals surface area contributed by atoms with Crippen molar-refractivity contribution in [2.24, 2.45) is 0 Å². The summed E-state index contributed by atoms with van der Waals surface area (Å²) in [4.78, 5) is 11.0. The van der Waals surface area contributed by atoms with E-state index in [1.54, 1.807) is 14.0 Å². The maximum Gasteiger partial charge on any atom is 0.322 e. The topological polar surface area (TPSA) is 56.8 Å². The van der Waals surface area contributed by atoms with Crippen LogP contribution in [0.4, 0.5) is 0 Å². The number of rotatable bonds is 9. The van der Waals surface area contributed by atoms with Crippen molar-refractivity contribution in [3.8, 4) is 0 Å². The third kappa shape index (κ3) is 8.35. The van der Waals surface area contributed by atoms with Crippen molar-refractivity contribution in [1.82, 2.24) is 5.32 Å². The smallest absolute Gasteiger partial charge is 0.322 e. The van der Waals surface area contributed by atoms with Crippen LogP contribution in [0.15, 0.2) is 0 Å². The molecular weight excluding hydrogens is 198 g/mol. The molecule has 15 heavy (non-hydrogen) atoms. The summed E-state index contributed by atoms with van der Waals surface area (Å²) in [6, 6.07) is -0.256. The molecule has 0 aromatic carbocycles. The summed E-state index contributed by atoms with van der Waals surface area (Å²) in [6.45, 7) is 4.42. The molecule has 0 amide bonds. The molecule has 5 nitrogen and oxygen atoms in total. The normalized spacial score (nSPS) is 12.5. The predicted octanol–water partition coefficient (Wildman–Crippen LogP) is 0.191. The van der Waals surface area contributed by atoms with E-state index in [2.05, 4.69) is 10.1 Å². The number of hydrogen-bond donors (Lipinski definition) is 1. The van der Waals surface area contributed by atoms with Gasteiger partial charge >= 0.3 is 5.97 Å². The minimum Gasteiger partial charge on any atom is -0.468 e. The standard InChI is InChI=1S/C10H21NO4/c1-9(10(12)14-3)11-5-4-6-15-8-7-13-2/h9,11H,4-8H2,1-3H3. The van der Waals surface area contributed by atoms with Gasteiger partial charge in [0.05, 0.1) is 20.3 Å². The molecular formula is C10H21NO4. The Morgan fingerprint density at radius 2 is 2.00 bits per heavy atom. The van der Waals surface area contributed by atoms with Crippen molar-refractivity contribution in [2.45, 2.75) is 19.4 Å². The van der Waals surface area contributed by atoms with E-state index in [9.17, 15) is 4.79 Å². The largest absolute Gasteiger partial charge is 0.468 e. The molecule has 90 valence electrons. The van der Waals surface area contributed by atoms with E-state index < -0.39 is 0 Å². The summed E-state index contributed by atoms with van der Waals surface area (Å²) in [7, 11) is 3.03. The number of carbonyl (C=O) groups is 1. The molecule has 0 radical (unpaired) electrons. The molecule has 0 saturated carbocycles. The zero-order valence-corrected chi connectivity index (χ0v) is 9.75. The van der Waals surface area contributed by atoms with E-state index in [0.29, 0.717) is 19.8 Å². The van der Waals surface area contributed by atoms with Crippen LogP contribution >= 0.6 is 0 Å². The van der Waals surface area contributed by atoms with Gasteiger partial charge in [-0.25, -0.2) is 0 Å². The summed E-state index contributed by atoms with van der Waals surface area (Å²) in [6.07, 6.45) is 0.866. The Kier molecular flexibility index (Phi) is 9.46. The number of ether oxygens (including phenoxy) is 3. The molecule has 1 atom stereocenters. The van der Waals surface area contributed by atoms with Gasteiger partial charge in [0.1, 0.15) is 6.04 Å². The highest BCUT2D eigenvalue weighted by Gasteiger charge is 2.10. The van der Waals surface area contributed by atoms with Gasteiger partial charge in [-0.1, -0.05) is 0 Å². The monoisotopic (exact) mass is 219 g/mol. The summed E-state index contributed by atoms with van der Waals surface area (Å²) < 4.78 is 14.7. The van der Waals surface area contributed by atoms with Gasteiger partial charge in [0.2, 0.25) is 0 Å². The second-order valence-electron chi connectivity index (χ2n) is 3.16. The van der Waals surface area contributed by atoms with Crippen LogP contribution in [0.25, 0.3) is 0 Å². The fourth-order valence-corrected chi connectivity index (χ4v) is 0.997. The summed E-state index contributed by atoms with van der Waals surface area (Å²) in [5.41, 5.74) is 0. The van der Waals surface area contributed by atoms with Gasteiger partial charge in [0.25, 0.3) is 0 Å². The van der Waals surface area contributed by atoms with Crippen LogP contribution in [0.1, 0.15) is 13.3 Å². The van der Waals surface area contributed by atoms with Gasteiger partial charge in [0, 0.05) is 13.7 Å². The average molecular weight is 219 g/mol. The third-order valence-corrected chi connectivity index (χ3v) is 1.90. The molecule has 0 spiro atoms. The lowest BCUT2D eigenvalue weighted by Crippen LogP contribution is -2.35. The van der Waals surface area contributed by atoms with Crippen LogP contribution in [0, 0.1) is 0 Å². The van der Waals surface area contributed by atoms with E-state index >= 15 is 0 Å². The maximum atomic E-state index is 11.0. The summed E-state index contributed by atoms with van der Waals surface area (Å²) in [5.74, 6) is -0.240. The first-order chi connectivity index (χ1) is 7.22. The van der Waals surface area contributed by atoms with Gasteiger partial charge in [-0.3, -0.25) is 4.79 Å². The first-order valence-corrected chi connectivity index (χ1v) is 5.10. The third-order valence-electron chi connectivity index (χ3n) is 1.90. The molecule has 0 fully saturated rings. The van der Waals surface area contributed by atoms with Crippen LogP contribution in [-0.2, 0) is 19.0 Å². The van der Waals surface area contributed by atoms with Gasteiger partial charge in [-0.2, -0.15) is 0 Å². The van der Waals surface area contributed by atoms with Crippen molar-refractivity contribution >= 4 is 5.97 Å². The number of methoxy groups -OCH3 is 2. The minimum absolute atomic E-state index is 0.240.